The average molecular weight is 285 g/mol. The molecule has 0 bridgehead atoms. The number of benzene rings is 2. The highest BCUT2D eigenvalue weighted by atomic mass is 15.1. The second-order valence-corrected chi connectivity index (χ2v) is 5.33. The maximum absolute atomic E-state index is 4.86. The SMILES string of the molecule is Cc1ccc2c(c1)nc(-c1ccncc1)n2-c1ccccc1. The lowest BCUT2D eigenvalue weighted by Gasteiger charge is -2.09. The Bertz CT molecular complexity index is 925. The minimum atomic E-state index is 0.939. The molecule has 2 aromatic heterocycles. The number of pyridine rings is 1. The van der Waals surface area contributed by atoms with Gasteiger partial charge in [-0.05, 0) is 48.9 Å². The second kappa shape index (κ2) is 5.11. The molecule has 4 rings (SSSR count). The molecule has 4 aromatic rings. The summed E-state index contributed by atoms with van der Waals surface area (Å²) in [4.78, 5) is 8.96. The van der Waals surface area contributed by atoms with Gasteiger partial charge in [0.15, 0.2) is 0 Å². The van der Waals surface area contributed by atoms with E-state index in [2.05, 4.69) is 46.8 Å². The number of nitrogens with zero attached hydrogens (tertiary/aromatic N) is 3. The van der Waals surface area contributed by atoms with Crippen LogP contribution in [0.5, 0.6) is 0 Å². The molecule has 0 unspecified atom stereocenters. The molecule has 0 aliphatic heterocycles. The van der Waals surface area contributed by atoms with Crippen molar-refractivity contribution in [2.24, 2.45) is 0 Å². The molecule has 0 aliphatic carbocycles. The molecule has 3 nitrogen and oxygen atoms in total. The fraction of sp³-hybridized carbons (Fsp3) is 0.0526. The lowest BCUT2D eigenvalue weighted by Crippen LogP contribution is -1.97. The van der Waals surface area contributed by atoms with E-state index in [0.29, 0.717) is 0 Å². The number of aryl methyl sites for hydroxylation is 1. The van der Waals surface area contributed by atoms with Crippen LogP contribution in [0.2, 0.25) is 0 Å². The molecular formula is C19H15N3. The quantitative estimate of drug-likeness (QED) is 0.546. The van der Waals surface area contributed by atoms with Gasteiger partial charge in [-0.2, -0.15) is 0 Å². The first kappa shape index (κ1) is 12.8. The fourth-order valence-electron chi connectivity index (χ4n) is 2.72. The van der Waals surface area contributed by atoms with Crippen molar-refractivity contribution in [1.29, 1.82) is 0 Å². The summed E-state index contributed by atoms with van der Waals surface area (Å²) in [6.07, 6.45) is 3.60. The Hall–Kier alpha value is -2.94. The maximum atomic E-state index is 4.86. The minimum Gasteiger partial charge on any atom is -0.292 e. The van der Waals surface area contributed by atoms with Gasteiger partial charge in [-0.3, -0.25) is 9.55 Å². The van der Waals surface area contributed by atoms with Crippen LogP contribution in [0.3, 0.4) is 0 Å². The van der Waals surface area contributed by atoms with Crippen molar-refractivity contribution in [3.05, 3.63) is 78.6 Å². The molecule has 106 valence electrons. The van der Waals surface area contributed by atoms with Crippen molar-refractivity contribution in [3.63, 3.8) is 0 Å². The first-order valence-electron chi connectivity index (χ1n) is 7.28. The first-order valence-corrected chi connectivity index (χ1v) is 7.28. The Morgan fingerprint density at radius 1 is 0.864 bits per heavy atom. The lowest BCUT2D eigenvalue weighted by atomic mass is 10.2. The van der Waals surface area contributed by atoms with Crippen LogP contribution >= 0.6 is 0 Å². The third-order valence-corrected chi connectivity index (χ3v) is 3.76. The Kier molecular flexibility index (Phi) is 2.97. The van der Waals surface area contributed by atoms with Crippen LogP contribution in [0.25, 0.3) is 28.1 Å². The molecule has 0 spiro atoms. The maximum Gasteiger partial charge on any atom is 0.145 e. The molecule has 3 heteroatoms. The zero-order valence-corrected chi connectivity index (χ0v) is 12.3. The predicted molar refractivity (Wildman–Crippen MR) is 89.0 cm³/mol. The molecular weight excluding hydrogens is 270 g/mol. The molecule has 0 saturated carbocycles. The highest BCUT2D eigenvalue weighted by Crippen LogP contribution is 2.28. The fourth-order valence-corrected chi connectivity index (χ4v) is 2.72. The van der Waals surface area contributed by atoms with E-state index in [1.54, 1.807) is 12.4 Å². The standard InChI is InChI=1S/C19H15N3/c1-14-7-8-18-17(13-14)21-19(15-9-11-20-12-10-15)22(18)16-5-3-2-4-6-16/h2-13H,1H3. The lowest BCUT2D eigenvalue weighted by molar-refractivity contribution is 1.10. The number of hydrogen-bond donors (Lipinski definition) is 0. The van der Waals surface area contributed by atoms with Crippen LogP contribution < -0.4 is 0 Å². The summed E-state index contributed by atoms with van der Waals surface area (Å²) < 4.78 is 2.20. The van der Waals surface area contributed by atoms with Crippen LogP contribution in [0.4, 0.5) is 0 Å². The molecule has 0 fully saturated rings. The van der Waals surface area contributed by atoms with Crippen molar-refractivity contribution in [3.8, 4) is 17.1 Å². The second-order valence-electron chi connectivity index (χ2n) is 5.33. The Labute approximate surface area is 128 Å². The van der Waals surface area contributed by atoms with Crippen molar-refractivity contribution < 1.29 is 0 Å². The van der Waals surface area contributed by atoms with Crippen LogP contribution in [-0.2, 0) is 0 Å². The summed E-state index contributed by atoms with van der Waals surface area (Å²) in [5.41, 5.74) is 5.51. The van der Waals surface area contributed by atoms with Gasteiger partial charge in [0.05, 0.1) is 11.0 Å². The number of fused-ring (bicyclic) bond motifs is 1. The molecule has 0 aliphatic rings. The highest BCUT2D eigenvalue weighted by Gasteiger charge is 2.13. The van der Waals surface area contributed by atoms with E-state index in [-0.39, 0.29) is 0 Å². The summed E-state index contributed by atoms with van der Waals surface area (Å²) in [5.74, 6) is 0.939. The number of hydrogen-bond acceptors (Lipinski definition) is 2. The first-order chi connectivity index (χ1) is 10.8. The molecule has 0 atom stereocenters. The summed E-state index contributed by atoms with van der Waals surface area (Å²) in [5, 5.41) is 0. The van der Waals surface area contributed by atoms with Gasteiger partial charge >= 0.3 is 0 Å². The van der Waals surface area contributed by atoms with Gasteiger partial charge < -0.3 is 0 Å². The van der Waals surface area contributed by atoms with E-state index in [1.165, 1.54) is 5.56 Å². The average Bonchev–Trinajstić information content (AvgIpc) is 2.95. The molecule has 0 N–H and O–H groups in total. The summed E-state index contributed by atoms with van der Waals surface area (Å²) >= 11 is 0. The van der Waals surface area contributed by atoms with Crippen LogP contribution in [-0.4, -0.2) is 14.5 Å². The third kappa shape index (κ3) is 2.07. The monoisotopic (exact) mass is 285 g/mol. The molecule has 0 radical (unpaired) electrons. The van der Waals surface area contributed by atoms with E-state index >= 15 is 0 Å². The van der Waals surface area contributed by atoms with Gasteiger partial charge in [-0.1, -0.05) is 24.3 Å². The minimum absolute atomic E-state index is 0.939. The Morgan fingerprint density at radius 2 is 1.64 bits per heavy atom. The van der Waals surface area contributed by atoms with E-state index in [4.69, 9.17) is 4.98 Å². The number of imidazole rings is 1. The summed E-state index contributed by atoms with van der Waals surface area (Å²) in [7, 11) is 0. The van der Waals surface area contributed by atoms with Crippen LogP contribution in [0.15, 0.2) is 73.1 Å². The highest BCUT2D eigenvalue weighted by molar-refractivity contribution is 5.83. The predicted octanol–water partition coefficient (Wildman–Crippen LogP) is 4.40. The number of para-hydroxylation sites is 1. The molecule has 2 aromatic carbocycles. The van der Waals surface area contributed by atoms with Gasteiger partial charge in [0, 0.05) is 23.6 Å². The topological polar surface area (TPSA) is 30.7 Å². The number of aromatic nitrogens is 3. The molecule has 0 saturated heterocycles. The normalized spacial score (nSPS) is 11.0. The van der Waals surface area contributed by atoms with Crippen molar-refractivity contribution >= 4 is 11.0 Å². The van der Waals surface area contributed by atoms with Crippen molar-refractivity contribution in [2.75, 3.05) is 0 Å². The van der Waals surface area contributed by atoms with Gasteiger partial charge in [-0.15, -0.1) is 0 Å². The van der Waals surface area contributed by atoms with Gasteiger partial charge in [0.25, 0.3) is 0 Å². The summed E-state index contributed by atoms with van der Waals surface area (Å²) in [6.45, 7) is 2.09. The number of rotatable bonds is 2. The van der Waals surface area contributed by atoms with Gasteiger partial charge in [0.2, 0.25) is 0 Å². The molecule has 0 amide bonds. The largest absolute Gasteiger partial charge is 0.292 e. The van der Waals surface area contributed by atoms with Gasteiger partial charge in [0.1, 0.15) is 5.82 Å². The molecule has 22 heavy (non-hydrogen) atoms. The van der Waals surface area contributed by atoms with E-state index in [1.807, 2.05) is 30.3 Å². The van der Waals surface area contributed by atoms with Gasteiger partial charge in [-0.25, -0.2) is 4.98 Å². The zero-order chi connectivity index (χ0) is 14.9. The molecule has 2 heterocycles. The third-order valence-electron chi connectivity index (χ3n) is 3.76. The zero-order valence-electron chi connectivity index (χ0n) is 12.3. The van der Waals surface area contributed by atoms with Crippen molar-refractivity contribution in [2.45, 2.75) is 6.92 Å². The summed E-state index contributed by atoms with van der Waals surface area (Å²) in [6, 6.07) is 20.7. The Balaban J connectivity index is 2.07. The smallest absolute Gasteiger partial charge is 0.145 e. The van der Waals surface area contributed by atoms with E-state index in [0.717, 1.165) is 28.1 Å². The van der Waals surface area contributed by atoms with Crippen LogP contribution in [0.1, 0.15) is 5.56 Å². The van der Waals surface area contributed by atoms with Crippen LogP contribution in [0, 0.1) is 6.92 Å². The Morgan fingerprint density at radius 3 is 2.41 bits per heavy atom. The van der Waals surface area contributed by atoms with Crippen molar-refractivity contribution in [1.82, 2.24) is 14.5 Å². The van der Waals surface area contributed by atoms with E-state index in [9.17, 15) is 0 Å². The van der Waals surface area contributed by atoms with E-state index < -0.39 is 0 Å².